The molecule has 132 valence electrons. The Hall–Kier alpha value is -1.74. The van der Waals surface area contributed by atoms with E-state index in [-0.39, 0.29) is 6.61 Å². The van der Waals surface area contributed by atoms with Crippen molar-refractivity contribution < 1.29 is 27.4 Å². The predicted molar refractivity (Wildman–Crippen MR) is 81.6 cm³/mol. The quantitative estimate of drug-likeness (QED) is 0.378. The molecular weight excluding hydrogens is 324 g/mol. The highest BCUT2D eigenvalue weighted by atomic mass is 19.2. The van der Waals surface area contributed by atoms with Crippen molar-refractivity contribution in [1.29, 1.82) is 0 Å². The fourth-order valence-electron chi connectivity index (χ4n) is 2.61. The largest absolute Gasteiger partial charge is 0.487 e. The number of rotatable bonds is 4. The van der Waals surface area contributed by atoms with Gasteiger partial charge in [-0.1, -0.05) is 31.6 Å². The molecule has 24 heavy (non-hydrogen) atoms. The minimum Gasteiger partial charge on any atom is -0.487 e. The number of unbranched alkanes of at least 4 members (excludes halogenated alkanes) is 1. The summed E-state index contributed by atoms with van der Waals surface area (Å²) in [6.07, 6.45) is 4.36. The summed E-state index contributed by atoms with van der Waals surface area (Å²) in [6, 6.07) is 0. The lowest BCUT2D eigenvalue weighted by Gasteiger charge is -2.26. The van der Waals surface area contributed by atoms with Gasteiger partial charge < -0.3 is 9.84 Å². The van der Waals surface area contributed by atoms with E-state index in [0.29, 0.717) is 25.7 Å². The zero-order valence-corrected chi connectivity index (χ0v) is 13.5. The van der Waals surface area contributed by atoms with E-state index in [4.69, 9.17) is 4.74 Å². The molecule has 6 heteroatoms. The maximum atomic E-state index is 14.0. The van der Waals surface area contributed by atoms with Gasteiger partial charge in [0.05, 0.1) is 6.61 Å². The summed E-state index contributed by atoms with van der Waals surface area (Å²) in [5, 5.41) is 10.2. The van der Waals surface area contributed by atoms with Crippen LogP contribution in [0, 0.1) is 35.1 Å². The number of hydrogen-bond donors (Lipinski definition) is 1. The SMILES string of the molecule is CCCCOc1c(F)c(F)c(C#CC2(O)CCCCC2)c(F)c1F. The van der Waals surface area contributed by atoms with Crippen LogP contribution in [0.15, 0.2) is 0 Å². The Morgan fingerprint density at radius 3 is 2.12 bits per heavy atom. The average molecular weight is 344 g/mol. The topological polar surface area (TPSA) is 29.5 Å². The summed E-state index contributed by atoms with van der Waals surface area (Å²) in [5.74, 6) is -3.04. The van der Waals surface area contributed by atoms with Gasteiger partial charge in [0.1, 0.15) is 11.2 Å². The van der Waals surface area contributed by atoms with Crippen molar-refractivity contribution >= 4 is 0 Å². The first-order valence-corrected chi connectivity index (χ1v) is 8.14. The summed E-state index contributed by atoms with van der Waals surface area (Å²) in [4.78, 5) is 0. The van der Waals surface area contributed by atoms with Crippen LogP contribution in [-0.4, -0.2) is 17.3 Å². The van der Waals surface area contributed by atoms with Gasteiger partial charge in [-0.2, -0.15) is 8.78 Å². The molecule has 0 amide bonds. The van der Waals surface area contributed by atoms with Crippen molar-refractivity contribution in [1.82, 2.24) is 0 Å². The molecule has 0 unspecified atom stereocenters. The van der Waals surface area contributed by atoms with E-state index in [9.17, 15) is 22.7 Å². The van der Waals surface area contributed by atoms with Crippen LogP contribution in [0.2, 0.25) is 0 Å². The van der Waals surface area contributed by atoms with E-state index < -0.39 is 40.2 Å². The van der Waals surface area contributed by atoms with Gasteiger partial charge in [-0.05, 0) is 32.1 Å². The normalized spacial score (nSPS) is 16.4. The zero-order chi connectivity index (χ0) is 17.7. The van der Waals surface area contributed by atoms with E-state index in [1.165, 1.54) is 0 Å². The van der Waals surface area contributed by atoms with Crippen LogP contribution in [0.25, 0.3) is 0 Å². The molecule has 0 heterocycles. The van der Waals surface area contributed by atoms with Crippen LogP contribution in [0.1, 0.15) is 57.4 Å². The van der Waals surface area contributed by atoms with Gasteiger partial charge >= 0.3 is 0 Å². The molecule has 1 aromatic rings. The third-order valence-corrected chi connectivity index (χ3v) is 4.07. The lowest BCUT2D eigenvalue weighted by atomic mass is 9.85. The molecule has 0 atom stereocenters. The molecule has 1 aliphatic rings. The van der Waals surface area contributed by atoms with E-state index in [0.717, 1.165) is 19.3 Å². The number of halogens is 4. The molecule has 0 spiro atoms. The molecule has 2 nitrogen and oxygen atoms in total. The highest BCUT2D eigenvalue weighted by Crippen LogP contribution is 2.31. The van der Waals surface area contributed by atoms with Crippen molar-refractivity contribution in [3.05, 3.63) is 28.8 Å². The van der Waals surface area contributed by atoms with Crippen LogP contribution in [0.4, 0.5) is 17.6 Å². The van der Waals surface area contributed by atoms with Crippen molar-refractivity contribution in [2.24, 2.45) is 0 Å². The van der Waals surface area contributed by atoms with Gasteiger partial charge in [0, 0.05) is 0 Å². The molecular formula is C18H20F4O2. The first-order chi connectivity index (χ1) is 11.4. The van der Waals surface area contributed by atoms with E-state index in [1.807, 2.05) is 6.92 Å². The van der Waals surface area contributed by atoms with Gasteiger partial charge in [-0.25, -0.2) is 8.78 Å². The van der Waals surface area contributed by atoms with Gasteiger partial charge in [-0.3, -0.25) is 0 Å². The maximum Gasteiger partial charge on any atom is 0.205 e. The Morgan fingerprint density at radius 1 is 1.00 bits per heavy atom. The lowest BCUT2D eigenvalue weighted by molar-refractivity contribution is 0.0610. The molecule has 1 aliphatic carbocycles. The highest BCUT2D eigenvalue weighted by molar-refractivity contribution is 5.44. The van der Waals surface area contributed by atoms with E-state index in [2.05, 4.69) is 11.8 Å². The second-order valence-electron chi connectivity index (χ2n) is 6.00. The first kappa shape index (κ1) is 18.6. The molecule has 1 saturated carbocycles. The van der Waals surface area contributed by atoms with E-state index in [1.54, 1.807) is 0 Å². The number of hydrogen-bond acceptors (Lipinski definition) is 2. The van der Waals surface area contributed by atoms with Crippen molar-refractivity contribution in [2.45, 2.75) is 57.5 Å². The molecule has 1 fully saturated rings. The molecule has 1 N–H and O–H groups in total. The minimum atomic E-state index is -1.61. The zero-order valence-electron chi connectivity index (χ0n) is 13.5. The predicted octanol–water partition coefficient (Wildman–Crippen LogP) is 4.47. The second kappa shape index (κ2) is 7.89. The van der Waals surface area contributed by atoms with Crippen molar-refractivity contribution in [3.8, 4) is 17.6 Å². The maximum absolute atomic E-state index is 14.0. The Morgan fingerprint density at radius 2 is 1.58 bits per heavy atom. The summed E-state index contributed by atoms with van der Waals surface area (Å²) < 4.78 is 60.8. The fraction of sp³-hybridized carbons (Fsp3) is 0.556. The Labute approximate surface area is 138 Å². The Balaban J connectivity index is 2.35. The van der Waals surface area contributed by atoms with Crippen LogP contribution in [-0.2, 0) is 0 Å². The molecule has 0 aromatic heterocycles. The summed E-state index contributed by atoms with van der Waals surface area (Å²) in [7, 11) is 0. The highest BCUT2D eigenvalue weighted by Gasteiger charge is 2.29. The lowest BCUT2D eigenvalue weighted by Crippen LogP contribution is -2.29. The smallest absolute Gasteiger partial charge is 0.205 e. The summed E-state index contributed by atoms with van der Waals surface area (Å²) in [6.45, 7) is 1.79. The summed E-state index contributed by atoms with van der Waals surface area (Å²) in [5.41, 5.74) is -2.40. The molecule has 0 radical (unpaired) electrons. The average Bonchev–Trinajstić information content (AvgIpc) is 2.57. The van der Waals surface area contributed by atoms with Crippen LogP contribution >= 0.6 is 0 Å². The van der Waals surface area contributed by atoms with Crippen LogP contribution in [0.3, 0.4) is 0 Å². The van der Waals surface area contributed by atoms with Crippen molar-refractivity contribution in [3.63, 3.8) is 0 Å². The van der Waals surface area contributed by atoms with Gasteiger partial charge in [0.25, 0.3) is 0 Å². The molecule has 0 aliphatic heterocycles. The third-order valence-electron chi connectivity index (χ3n) is 4.07. The fourth-order valence-corrected chi connectivity index (χ4v) is 2.61. The molecule has 0 bridgehead atoms. The minimum absolute atomic E-state index is 0.0476. The second-order valence-corrected chi connectivity index (χ2v) is 6.00. The number of benzene rings is 1. The third kappa shape index (κ3) is 4.02. The molecule has 1 aromatic carbocycles. The van der Waals surface area contributed by atoms with Crippen LogP contribution < -0.4 is 4.74 Å². The van der Waals surface area contributed by atoms with Crippen LogP contribution in [0.5, 0.6) is 5.75 Å². The summed E-state index contributed by atoms with van der Waals surface area (Å²) >= 11 is 0. The Bertz CT molecular complexity index is 626. The van der Waals surface area contributed by atoms with Gasteiger partial charge in [0.15, 0.2) is 17.4 Å². The monoisotopic (exact) mass is 344 g/mol. The van der Waals surface area contributed by atoms with Gasteiger partial charge in [-0.15, -0.1) is 0 Å². The molecule has 2 rings (SSSR count). The number of aliphatic hydroxyl groups is 1. The van der Waals surface area contributed by atoms with E-state index >= 15 is 0 Å². The van der Waals surface area contributed by atoms with Crippen molar-refractivity contribution in [2.75, 3.05) is 6.61 Å². The standard InChI is InChI=1S/C18H20F4O2/c1-2-3-11-24-17-15(21)13(19)12(14(20)16(17)22)7-10-18(23)8-5-4-6-9-18/h23H,2-6,8-9,11H2,1H3. The first-order valence-electron chi connectivity index (χ1n) is 8.14. The number of ether oxygens (including phenoxy) is 1. The van der Waals surface area contributed by atoms with Gasteiger partial charge in [0.2, 0.25) is 11.6 Å². The Kier molecular flexibility index (Phi) is 6.11. The molecule has 0 saturated heterocycles.